The minimum absolute atomic E-state index is 0.661. The van der Waals surface area contributed by atoms with Crippen LogP contribution in [0.5, 0.6) is 0 Å². The number of nitrogens with one attached hydrogen (secondary N) is 1. The Balaban J connectivity index is 1.65. The Morgan fingerprint density at radius 1 is 1.37 bits per heavy atom. The molecule has 2 atom stereocenters. The number of aromatic nitrogens is 2. The van der Waals surface area contributed by atoms with Crippen molar-refractivity contribution in [3.63, 3.8) is 0 Å². The predicted molar refractivity (Wildman–Crippen MR) is 80.1 cm³/mol. The number of halogens is 1. The van der Waals surface area contributed by atoms with Crippen molar-refractivity contribution in [3.05, 3.63) is 15.9 Å². The average molecular weight is 327 g/mol. The molecular formula is C14H23BrN4. The summed E-state index contributed by atoms with van der Waals surface area (Å²) in [4.78, 5) is 2.65. The van der Waals surface area contributed by atoms with E-state index in [4.69, 9.17) is 0 Å². The number of nitrogens with zero attached hydrogens (tertiary/aromatic N) is 3. The molecule has 0 radical (unpaired) electrons. The second-order valence-electron chi connectivity index (χ2n) is 5.71. The first-order valence-corrected chi connectivity index (χ1v) is 8.17. The van der Waals surface area contributed by atoms with Crippen molar-refractivity contribution in [3.8, 4) is 0 Å². The Morgan fingerprint density at radius 2 is 2.21 bits per heavy atom. The molecule has 4 nitrogen and oxygen atoms in total. The largest absolute Gasteiger partial charge is 0.307 e. The van der Waals surface area contributed by atoms with Gasteiger partial charge in [-0.2, -0.15) is 5.10 Å². The van der Waals surface area contributed by atoms with Crippen LogP contribution in [0.15, 0.2) is 4.47 Å². The van der Waals surface area contributed by atoms with Gasteiger partial charge in [0, 0.05) is 32.2 Å². The van der Waals surface area contributed by atoms with Gasteiger partial charge in [-0.25, -0.2) is 0 Å². The molecule has 3 rings (SSSR count). The lowest BCUT2D eigenvalue weighted by molar-refractivity contribution is 0.297. The monoisotopic (exact) mass is 326 g/mol. The molecule has 19 heavy (non-hydrogen) atoms. The van der Waals surface area contributed by atoms with Gasteiger partial charge >= 0.3 is 0 Å². The zero-order valence-corrected chi connectivity index (χ0v) is 13.4. The summed E-state index contributed by atoms with van der Waals surface area (Å²) < 4.78 is 3.20. The van der Waals surface area contributed by atoms with Crippen molar-refractivity contribution in [2.75, 3.05) is 13.1 Å². The van der Waals surface area contributed by atoms with E-state index in [2.05, 4.69) is 38.2 Å². The third kappa shape index (κ3) is 2.48. The fourth-order valence-corrected chi connectivity index (χ4v) is 4.32. The van der Waals surface area contributed by atoms with Crippen LogP contribution in [0, 0.1) is 0 Å². The molecule has 3 heterocycles. The number of aryl methyl sites for hydroxylation is 2. The first-order chi connectivity index (χ1) is 9.20. The number of rotatable bonds is 4. The summed E-state index contributed by atoms with van der Waals surface area (Å²) in [6, 6.07) is 1.44. The summed E-state index contributed by atoms with van der Waals surface area (Å²) in [7, 11) is 2.04. The molecular weight excluding hydrogens is 304 g/mol. The average Bonchev–Trinajstić information content (AvgIpc) is 3.05. The lowest BCUT2D eigenvalue weighted by Crippen LogP contribution is -2.39. The van der Waals surface area contributed by atoms with E-state index in [-0.39, 0.29) is 0 Å². The van der Waals surface area contributed by atoms with Crippen LogP contribution in [0.25, 0.3) is 0 Å². The normalized spacial score (nSPS) is 27.1. The number of fused-ring (bicyclic) bond motifs is 1. The van der Waals surface area contributed by atoms with Gasteiger partial charge in [0.15, 0.2) is 0 Å². The van der Waals surface area contributed by atoms with Crippen LogP contribution in [0.1, 0.15) is 37.6 Å². The maximum Gasteiger partial charge on any atom is 0.0767 e. The Hall–Kier alpha value is -0.390. The summed E-state index contributed by atoms with van der Waals surface area (Å²) in [6.07, 6.45) is 5.01. The molecule has 2 saturated heterocycles. The maximum atomic E-state index is 4.56. The summed E-state index contributed by atoms with van der Waals surface area (Å²) in [6.45, 7) is 5.64. The Labute approximate surface area is 123 Å². The van der Waals surface area contributed by atoms with E-state index in [1.54, 1.807) is 0 Å². The topological polar surface area (TPSA) is 33.1 Å². The van der Waals surface area contributed by atoms with Crippen LogP contribution >= 0.6 is 15.9 Å². The standard InChI is InChI=1S/C14H23BrN4/c1-3-10-14(15)13(18(2)17-10)9-16-11-6-8-19-7-4-5-12(11)19/h11-12,16H,3-9H2,1-2H3. The lowest BCUT2D eigenvalue weighted by atomic mass is 10.1. The van der Waals surface area contributed by atoms with Crippen LogP contribution in [0.4, 0.5) is 0 Å². The van der Waals surface area contributed by atoms with Crippen LogP contribution in [0.2, 0.25) is 0 Å². The predicted octanol–water partition coefficient (Wildman–Crippen LogP) is 2.07. The lowest BCUT2D eigenvalue weighted by Gasteiger charge is -2.21. The van der Waals surface area contributed by atoms with Crippen LogP contribution in [-0.4, -0.2) is 39.9 Å². The smallest absolute Gasteiger partial charge is 0.0767 e. The fourth-order valence-electron chi connectivity index (χ4n) is 3.56. The molecule has 2 unspecified atom stereocenters. The summed E-state index contributed by atoms with van der Waals surface area (Å²) in [5.74, 6) is 0. The van der Waals surface area contributed by atoms with Gasteiger partial charge in [-0.05, 0) is 48.2 Å². The minimum Gasteiger partial charge on any atom is -0.307 e. The van der Waals surface area contributed by atoms with E-state index >= 15 is 0 Å². The van der Waals surface area contributed by atoms with Crippen molar-refractivity contribution in [2.24, 2.45) is 7.05 Å². The molecule has 0 spiro atoms. The van der Waals surface area contributed by atoms with E-state index in [0.717, 1.165) is 24.7 Å². The molecule has 1 N–H and O–H groups in total. The molecule has 5 heteroatoms. The zero-order chi connectivity index (χ0) is 13.4. The molecule has 0 amide bonds. The third-order valence-corrected chi connectivity index (χ3v) is 5.56. The molecule has 0 bridgehead atoms. The highest BCUT2D eigenvalue weighted by Crippen LogP contribution is 2.28. The molecule has 2 aliphatic rings. The summed E-state index contributed by atoms with van der Waals surface area (Å²) >= 11 is 3.69. The molecule has 2 fully saturated rings. The van der Waals surface area contributed by atoms with Gasteiger partial charge in [0.25, 0.3) is 0 Å². The summed E-state index contributed by atoms with van der Waals surface area (Å²) in [5.41, 5.74) is 2.43. The van der Waals surface area contributed by atoms with Crippen LogP contribution in [-0.2, 0) is 20.0 Å². The van der Waals surface area contributed by atoms with Gasteiger partial charge in [0.2, 0.25) is 0 Å². The Bertz CT molecular complexity index is 457. The van der Waals surface area contributed by atoms with E-state index in [1.165, 1.54) is 42.5 Å². The molecule has 0 aromatic carbocycles. The molecule has 1 aromatic rings. The van der Waals surface area contributed by atoms with Gasteiger partial charge < -0.3 is 5.32 Å². The van der Waals surface area contributed by atoms with Crippen molar-refractivity contribution in [1.29, 1.82) is 0 Å². The number of hydrogen-bond donors (Lipinski definition) is 1. The SMILES string of the molecule is CCc1nn(C)c(CNC2CCN3CCCC23)c1Br. The fraction of sp³-hybridized carbons (Fsp3) is 0.786. The van der Waals surface area contributed by atoms with Crippen LogP contribution < -0.4 is 5.32 Å². The zero-order valence-electron chi connectivity index (χ0n) is 11.8. The van der Waals surface area contributed by atoms with E-state index in [0.29, 0.717) is 6.04 Å². The van der Waals surface area contributed by atoms with Crippen molar-refractivity contribution in [1.82, 2.24) is 20.0 Å². The molecule has 2 aliphatic heterocycles. The molecule has 106 valence electrons. The van der Waals surface area contributed by atoms with Gasteiger partial charge in [-0.3, -0.25) is 9.58 Å². The Kier molecular flexibility index (Phi) is 3.96. The van der Waals surface area contributed by atoms with Gasteiger partial charge in [0.05, 0.1) is 15.9 Å². The molecule has 1 aromatic heterocycles. The second kappa shape index (κ2) is 5.54. The minimum atomic E-state index is 0.661. The molecule has 0 aliphatic carbocycles. The van der Waals surface area contributed by atoms with Crippen molar-refractivity contribution >= 4 is 15.9 Å². The summed E-state index contributed by atoms with van der Waals surface area (Å²) in [5, 5.41) is 8.32. The Morgan fingerprint density at radius 3 is 2.95 bits per heavy atom. The maximum absolute atomic E-state index is 4.56. The highest BCUT2D eigenvalue weighted by molar-refractivity contribution is 9.10. The van der Waals surface area contributed by atoms with E-state index in [1.807, 2.05) is 11.7 Å². The van der Waals surface area contributed by atoms with Gasteiger partial charge in [0.1, 0.15) is 0 Å². The van der Waals surface area contributed by atoms with E-state index in [9.17, 15) is 0 Å². The first kappa shape index (κ1) is 13.6. The van der Waals surface area contributed by atoms with E-state index < -0.39 is 0 Å². The van der Waals surface area contributed by atoms with Crippen molar-refractivity contribution < 1.29 is 0 Å². The third-order valence-electron chi connectivity index (χ3n) is 4.64. The van der Waals surface area contributed by atoms with Gasteiger partial charge in [-0.1, -0.05) is 6.92 Å². The van der Waals surface area contributed by atoms with Gasteiger partial charge in [-0.15, -0.1) is 0 Å². The van der Waals surface area contributed by atoms with Crippen LogP contribution in [0.3, 0.4) is 0 Å². The second-order valence-corrected chi connectivity index (χ2v) is 6.50. The molecule has 0 saturated carbocycles. The number of hydrogen-bond acceptors (Lipinski definition) is 3. The highest BCUT2D eigenvalue weighted by atomic mass is 79.9. The van der Waals surface area contributed by atoms with Crippen molar-refractivity contribution in [2.45, 2.75) is 51.2 Å². The highest BCUT2D eigenvalue weighted by Gasteiger charge is 2.36. The quantitative estimate of drug-likeness (QED) is 0.919. The first-order valence-electron chi connectivity index (χ1n) is 7.38.